The molecular weight excluding hydrogens is 450 g/mol. The molecule has 2 saturated heterocycles. The highest BCUT2D eigenvalue weighted by Gasteiger charge is 2.39. The normalized spacial score (nSPS) is 18.9. The van der Waals surface area contributed by atoms with Crippen molar-refractivity contribution < 1.29 is 9.53 Å². The van der Waals surface area contributed by atoms with Crippen LogP contribution in [-0.4, -0.2) is 70.3 Å². The number of aromatic nitrogens is 3. The largest absolute Gasteiger partial charge is 0.481 e. The molecule has 0 saturated carbocycles. The van der Waals surface area contributed by atoms with Crippen LogP contribution in [0.25, 0.3) is 11.4 Å². The van der Waals surface area contributed by atoms with Crippen molar-refractivity contribution in [2.75, 3.05) is 39.8 Å². The van der Waals surface area contributed by atoms with Gasteiger partial charge in [0.05, 0.1) is 12.8 Å². The van der Waals surface area contributed by atoms with E-state index in [1.54, 1.807) is 24.9 Å². The fourth-order valence-corrected chi connectivity index (χ4v) is 5.33. The number of hydrogen-bond donors (Lipinski definition) is 0. The second kappa shape index (κ2) is 9.86. The molecular formula is C26H38ClN5O2. The minimum atomic E-state index is -0.0600. The van der Waals surface area contributed by atoms with Crippen molar-refractivity contribution in [2.24, 2.45) is 17.9 Å². The Hall–Kier alpha value is -2.12. The SMILES string of the molecule is COc1cccc(-c2nn(C)c(Cl)c2C(=O)N2CCC3(CCN(CCC(C)(C)C)CC3)CC2)n1. The average molecular weight is 488 g/mol. The lowest BCUT2D eigenvalue weighted by atomic mass is 9.71. The summed E-state index contributed by atoms with van der Waals surface area (Å²) in [5.41, 5.74) is 2.27. The monoisotopic (exact) mass is 487 g/mol. The number of rotatable bonds is 5. The van der Waals surface area contributed by atoms with E-state index in [2.05, 4.69) is 35.8 Å². The molecule has 1 amide bonds. The Morgan fingerprint density at radius 2 is 1.76 bits per heavy atom. The molecule has 4 rings (SSSR count). The van der Waals surface area contributed by atoms with Crippen LogP contribution in [0, 0.1) is 10.8 Å². The molecule has 0 unspecified atom stereocenters. The number of methoxy groups -OCH3 is 1. The number of carbonyl (C=O) groups is 1. The third kappa shape index (κ3) is 5.41. The summed E-state index contributed by atoms with van der Waals surface area (Å²) in [5, 5.41) is 4.86. The van der Waals surface area contributed by atoms with E-state index in [1.807, 2.05) is 17.0 Å². The predicted molar refractivity (Wildman–Crippen MR) is 135 cm³/mol. The van der Waals surface area contributed by atoms with Crippen molar-refractivity contribution in [3.8, 4) is 17.3 Å². The summed E-state index contributed by atoms with van der Waals surface area (Å²) in [5.74, 6) is 0.418. The van der Waals surface area contributed by atoms with Crippen LogP contribution in [-0.2, 0) is 7.05 Å². The van der Waals surface area contributed by atoms with Gasteiger partial charge in [-0.05, 0) is 68.6 Å². The second-order valence-electron chi connectivity index (χ2n) is 11.1. The Kier molecular flexibility index (Phi) is 7.25. The number of ether oxygens (including phenoxy) is 1. The number of aryl methyl sites for hydroxylation is 1. The minimum absolute atomic E-state index is 0.0600. The van der Waals surface area contributed by atoms with Crippen LogP contribution in [0.4, 0.5) is 0 Å². The van der Waals surface area contributed by atoms with Gasteiger partial charge in [0.25, 0.3) is 5.91 Å². The molecule has 1 spiro atoms. The Morgan fingerprint density at radius 3 is 2.38 bits per heavy atom. The average Bonchev–Trinajstić information content (AvgIpc) is 3.12. The van der Waals surface area contributed by atoms with Gasteiger partial charge in [0.2, 0.25) is 5.88 Å². The number of carbonyl (C=O) groups excluding carboxylic acids is 1. The standard InChI is InChI=1S/C26H38ClN5O2/c1-25(2,3)9-14-31-15-10-26(11-16-31)12-17-32(18-13-26)24(33)21-22(29-30(4)23(21)27)19-7-6-8-20(28-19)34-5/h6-8H,9-18H2,1-5H3. The number of halogens is 1. The third-order valence-corrected chi connectivity index (χ3v) is 8.01. The summed E-state index contributed by atoms with van der Waals surface area (Å²) >= 11 is 6.56. The van der Waals surface area contributed by atoms with Gasteiger partial charge in [0.1, 0.15) is 16.4 Å². The number of piperidine rings is 2. The van der Waals surface area contributed by atoms with E-state index in [4.69, 9.17) is 16.3 Å². The van der Waals surface area contributed by atoms with Crippen LogP contribution in [0.15, 0.2) is 18.2 Å². The van der Waals surface area contributed by atoms with Crippen LogP contribution in [0.2, 0.25) is 5.15 Å². The van der Waals surface area contributed by atoms with Crippen LogP contribution >= 0.6 is 11.6 Å². The number of amides is 1. The Labute approximate surface area is 208 Å². The van der Waals surface area contributed by atoms with Gasteiger partial charge in [0.15, 0.2) is 0 Å². The zero-order valence-electron chi connectivity index (χ0n) is 21.2. The van der Waals surface area contributed by atoms with Gasteiger partial charge in [-0.15, -0.1) is 0 Å². The molecule has 2 fully saturated rings. The molecule has 4 heterocycles. The van der Waals surface area contributed by atoms with Gasteiger partial charge in [-0.25, -0.2) is 4.98 Å². The van der Waals surface area contributed by atoms with E-state index in [0.717, 1.165) is 25.9 Å². The van der Waals surface area contributed by atoms with Gasteiger partial charge < -0.3 is 14.5 Å². The molecule has 2 aliphatic rings. The molecule has 2 aromatic rings. The first-order valence-corrected chi connectivity index (χ1v) is 12.7. The van der Waals surface area contributed by atoms with Gasteiger partial charge in [-0.3, -0.25) is 9.48 Å². The lowest BCUT2D eigenvalue weighted by Gasteiger charge is -2.47. The van der Waals surface area contributed by atoms with Crippen molar-refractivity contribution in [1.82, 2.24) is 24.6 Å². The first kappa shape index (κ1) is 25.0. The smallest absolute Gasteiger partial charge is 0.259 e. The summed E-state index contributed by atoms with van der Waals surface area (Å²) < 4.78 is 6.80. The highest BCUT2D eigenvalue weighted by molar-refractivity contribution is 6.33. The molecule has 0 aromatic carbocycles. The molecule has 0 N–H and O–H groups in total. The summed E-state index contributed by atoms with van der Waals surface area (Å²) in [6.45, 7) is 12.0. The third-order valence-electron chi connectivity index (χ3n) is 7.57. The highest BCUT2D eigenvalue weighted by Crippen LogP contribution is 2.42. The summed E-state index contributed by atoms with van der Waals surface area (Å²) in [6.07, 6.45) is 5.79. The van der Waals surface area contributed by atoms with Crippen LogP contribution in [0.5, 0.6) is 5.88 Å². The summed E-state index contributed by atoms with van der Waals surface area (Å²) in [6, 6.07) is 5.45. The first-order valence-electron chi connectivity index (χ1n) is 12.4. The number of pyridine rings is 1. The summed E-state index contributed by atoms with van der Waals surface area (Å²) in [7, 11) is 3.32. The van der Waals surface area contributed by atoms with Crippen molar-refractivity contribution in [1.29, 1.82) is 0 Å². The quantitative estimate of drug-likeness (QED) is 0.600. The van der Waals surface area contributed by atoms with Crippen molar-refractivity contribution in [3.63, 3.8) is 0 Å². The Bertz CT molecular complexity index is 1010. The molecule has 2 aromatic heterocycles. The predicted octanol–water partition coefficient (Wildman–Crippen LogP) is 4.90. The van der Waals surface area contributed by atoms with Gasteiger partial charge in [0, 0.05) is 26.2 Å². The molecule has 7 nitrogen and oxygen atoms in total. The number of likely N-dealkylation sites (tertiary alicyclic amines) is 2. The fourth-order valence-electron chi connectivity index (χ4n) is 5.12. The molecule has 0 bridgehead atoms. The van der Waals surface area contributed by atoms with Crippen molar-refractivity contribution in [2.45, 2.75) is 52.9 Å². The zero-order valence-corrected chi connectivity index (χ0v) is 22.0. The molecule has 34 heavy (non-hydrogen) atoms. The number of nitrogens with zero attached hydrogens (tertiary/aromatic N) is 5. The van der Waals surface area contributed by atoms with Crippen LogP contribution < -0.4 is 4.74 Å². The highest BCUT2D eigenvalue weighted by atomic mass is 35.5. The topological polar surface area (TPSA) is 63.5 Å². The van der Waals surface area contributed by atoms with Gasteiger partial charge in [-0.1, -0.05) is 38.4 Å². The lowest BCUT2D eigenvalue weighted by molar-refractivity contribution is 0.0283. The second-order valence-corrected chi connectivity index (χ2v) is 11.5. The van der Waals surface area contributed by atoms with E-state index in [0.29, 0.717) is 38.8 Å². The Balaban J connectivity index is 1.42. The zero-order chi connectivity index (χ0) is 24.5. The van der Waals surface area contributed by atoms with E-state index in [1.165, 1.54) is 38.9 Å². The number of hydrogen-bond acceptors (Lipinski definition) is 5. The maximum absolute atomic E-state index is 13.6. The first-order chi connectivity index (χ1) is 16.1. The maximum atomic E-state index is 13.6. The van der Waals surface area contributed by atoms with E-state index in [9.17, 15) is 4.79 Å². The van der Waals surface area contributed by atoms with E-state index in [-0.39, 0.29) is 5.91 Å². The lowest BCUT2D eigenvalue weighted by Crippen LogP contribution is -2.48. The van der Waals surface area contributed by atoms with Crippen molar-refractivity contribution in [3.05, 3.63) is 28.9 Å². The fraction of sp³-hybridized carbons (Fsp3) is 0.654. The van der Waals surface area contributed by atoms with Crippen LogP contribution in [0.1, 0.15) is 63.2 Å². The van der Waals surface area contributed by atoms with Crippen molar-refractivity contribution >= 4 is 17.5 Å². The van der Waals surface area contributed by atoms with E-state index < -0.39 is 0 Å². The molecule has 8 heteroatoms. The molecule has 0 radical (unpaired) electrons. The molecule has 0 aliphatic carbocycles. The molecule has 2 aliphatic heterocycles. The molecule has 0 atom stereocenters. The van der Waals surface area contributed by atoms with E-state index >= 15 is 0 Å². The Morgan fingerprint density at radius 1 is 1.12 bits per heavy atom. The van der Waals surface area contributed by atoms with Crippen LogP contribution in [0.3, 0.4) is 0 Å². The minimum Gasteiger partial charge on any atom is -0.481 e. The maximum Gasteiger partial charge on any atom is 0.259 e. The molecule has 186 valence electrons. The van der Waals surface area contributed by atoms with Gasteiger partial charge in [-0.2, -0.15) is 5.10 Å². The van der Waals surface area contributed by atoms with Gasteiger partial charge >= 0.3 is 0 Å². The summed E-state index contributed by atoms with van der Waals surface area (Å²) in [4.78, 5) is 22.7.